The van der Waals surface area contributed by atoms with Gasteiger partial charge in [-0.3, -0.25) is 4.79 Å². The summed E-state index contributed by atoms with van der Waals surface area (Å²) < 4.78 is 0. The quantitative estimate of drug-likeness (QED) is 0.613. The zero-order chi connectivity index (χ0) is 15.8. The van der Waals surface area contributed by atoms with Crippen molar-refractivity contribution in [1.29, 1.82) is 0 Å². The zero-order valence-electron chi connectivity index (χ0n) is 15.2. The second-order valence-corrected chi connectivity index (χ2v) is 10.3. The van der Waals surface area contributed by atoms with Gasteiger partial charge < -0.3 is 0 Å². The summed E-state index contributed by atoms with van der Waals surface area (Å²) in [6.07, 6.45) is 15.2. The van der Waals surface area contributed by atoms with Crippen molar-refractivity contribution < 1.29 is 4.79 Å². The fourth-order valence-corrected chi connectivity index (χ4v) is 8.38. The monoisotopic (exact) mass is 314 g/mol. The van der Waals surface area contributed by atoms with Gasteiger partial charge in [-0.2, -0.15) is 0 Å². The Bertz CT molecular complexity index is 520. The van der Waals surface area contributed by atoms with Crippen molar-refractivity contribution in [3.63, 3.8) is 0 Å². The van der Waals surface area contributed by atoms with Gasteiger partial charge in [0.2, 0.25) is 0 Å². The first kappa shape index (κ1) is 15.0. The molecule has 5 saturated carbocycles. The Morgan fingerprint density at radius 3 is 2.43 bits per heavy atom. The van der Waals surface area contributed by atoms with E-state index in [0.717, 1.165) is 41.9 Å². The average molecular weight is 315 g/mol. The molecule has 0 heterocycles. The smallest absolute Gasteiger partial charge is 0.139 e. The van der Waals surface area contributed by atoms with Crippen molar-refractivity contribution in [2.24, 2.45) is 46.3 Å². The van der Waals surface area contributed by atoms with Crippen LogP contribution in [-0.4, -0.2) is 5.78 Å². The molecular weight excluding hydrogens is 280 g/mol. The molecule has 0 spiro atoms. The van der Waals surface area contributed by atoms with E-state index in [9.17, 15) is 4.79 Å². The minimum absolute atomic E-state index is 0.0701. The minimum Gasteiger partial charge on any atom is -0.299 e. The minimum atomic E-state index is 0.0701. The molecule has 5 aliphatic carbocycles. The highest BCUT2D eigenvalue weighted by molar-refractivity contribution is 5.87. The van der Waals surface area contributed by atoms with E-state index >= 15 is 0 Å². The van der Waals surface area contributed by atoms with Crippen LogP contribution in [0.25, 0.3) is 0 Å². The maximum Gasteiger partial charge on any atom is 0.139 e. The lowest BCUT2D eigenvalue weighted by molar-refractivity contribution is -0.147. The first-order chi connectivity index (χ1) is 11.1. The summed E-state index contributed by atoms with van der Waals surface area (Å²) >= 11 is 0. The van der Waals surface area contributed by atoms with Gasteiger partial charge in [0.1, 0.15) is 5.78 Å². The molecule has 0 radical (unpaired) electrons. The topological polar surface area (TPSA) is 17.1 Å². The van der Waals surface area contributed by atoms with Gasteiger partial charge in [0.05, 0.1) is 0 Å². The van der Waals surface area contributed by atoms with Crippen molar-refractivity contribution >= 4 is 5.78 Å². The Morgan fingerprint density at radius 1 is 0.870 bits per heavy atom. The number of carbonyl (C=O) groups excluding carboxylic acids is 1. The number of carbonyl (C=O) groups is 1. The Hall–Kier alpha value is -0.330. The van der Waals surface area contributed by atoms with Crippen LogP contribution < -0.4 is 0 Å². The number of fused-ring (bicyclic) bond motifs is 5. The van der Waals surface area contributed by atoms with Gasteiger partial charge in [-0.15, -0.1) is 0 Å². The van der Waals surface area contributed by atoms with E-state index < -0.39 is 0 Å². The van der Waals surface area contributed by atoms with Gasteiger partial charge in [-0.05, 0) is 98.7 Å². The molecule has 0 saturated heterocycles. The summed E-state index contributed by atoms with van der Waals surface area (Å²) in [5, 5.41) is 0. The molecular formula is C22H34O. The molecule has 0 aromatic rings. The van der Waals surface area contributed by atoms with Gasteiger partial charge in [0.25, 0.3) is 0 Å². The van der Waals surface area contributed by atoms with Crippen LogP contribution in [0.4, 0.5) is 0 Å². The molecule has 1 nitrogen and oxygen atoms in total. The summed E-state index contributed by atoms with van der Waals surface area (Å²) in [5.74, 6) is 6.28. The lowest BCUT2D eigenvalue weighted by atomic mass is 9.43. The molecule has 0 bridgehead atoms. The molecule has 0 aromatic carbocycles. The van der Waals surface area contributed by atoms with Crippen molar-refractivity contribution in [2.45, 2.75) is 84.5 Å². The zero-order valence-corrected chi connectivity index (χ0v) is 15.2. The van der Waals surface area contributed by atoms with Gasteiger partial charge >= 0.3 is 0 Å². The summed E-state index contributed by atoms with van der Waals surface area (Å²) in [4.78, 5) is 12.6. The van der Waals surface area contributed by atoms with Crippen LogP contribution in [0.3, 0.4) is 0 Å². The molecule has 5 aliphatic rings. The lowest BCUT2D eigenvalue weighted by Crippen LogP contribution is -2.55. The molecule has 23 heavy (non-hydrogen) atoms. The number of hydrogen-bond acceptors (Lipinski definition) is 1. The van der Waals surface area contributed by atoms with Crippen LogP contribution in [0.5, 0.6) is 0 Å². The highest BCUT2D eigenvalue weighted by atomic mass is 16.1. The first-order valence-corrected chi connectivity index (χ1v) is 10.6. The third-order valence-corrected chi connectivity index (χ3v) is 9.54. The molecule has 128 valence electrons. The van der Waals surface area contributed by atoms with Crippen LogP contribution in [0.1, 0.15) is 84.5 Å². The molecule has 3 unspecified atom stereocenters. The largest absolute Gasteiger partial charge is 0.299 e. The maximum atomic E-state index is 12.6. The molecule has 0 amide bonds. The van der Waals surface area contributed by atoms with Gasteiger partial charge in [-0.1, -0.05) is 20.3 Å². The van der Waals surface area contributed by atoms with Crippen molar-refractivity contribution in [2.75, 3.05) is 0 Å². The molecule has 1 heteroatoms. The summed E-state index contributed by atoms with van der Waals surface area (Å²) in [6.45, 7) is 4.83. The molecule has 0 N–H and O–H groups in total. The predicted octanol–water partition coefficient (Wildman–Crippen LogP) is 5.62. The highest BCUT2D eigenvalue weighted by Crippen LogP contribution is 2.71. The SMILES string of the molecule is CC1CC[C@@]2(C3CC3)[C@H](CCC3[C@@H]4CCC(=O)C4(C)CC[C@@H]32)C1. The van der Waals surface area contributed by atoms with E-state index in [1.54, 1.807) is 0 Å². The van der Waals surface area contributed by atoms with E-state index in [1.165, 1.54) is 64.2 Å². The van der Waals surface area contributed by atoms with Crippen LogP contribution in [0.15, 0.2) is 0 Å². The summed E-state index contributed by atoms with van der Waals surface area (Å²) in [7, 11) is 0. The van der Waals surface area contributed by atoms with Gasteiger partial charge in [0.15, 0.2) is 0 Å². The molecule has 7 atom stereocenters. The van der Waals surface area contributed by atoms with Gasteiger partial charge in [-0.25, -0.2) is 0 Å². The molecule has 5 rings (SSSR count). The Kier molecular flexibility index (Phi) is 3.16. The maximum absolute atomic E-state index is 12.6. The van der Waals surface area contributed by atoms with Gasteiger partial charge in [0, 0.05) is 11.8 Å². The van der Waals surface area contributed by atoms with Crippen LogP contribution in [0, 0.1) is 46.3 Å². The second-order valence-electron chi connectivity index (χ2n) is 10.3. The molecule has 5 fully saturated rings. The lowest BCUT2D eigenvalue weighted by Gasteiger charge is -2.62. The van der Waals surface area contributed by atoms with E-state index in [1.807, 2.05) is 0 Å². The van der Waals surface area contributed by atoms with E-state index in [2.05, 4.69) is 13.8 Å². The van der Waals surface area contributed by atoms with Crippen molar-refractivity contribution in [3.05, 3.63) is 0 Å². The highest BCUT2D eigenvalue weighted by Gasteiger charge is 2.64. The van der Waals surface area contributed by atoms with E-state index in [-0.39, 0.29) is 5.41 Å². The molecule has 0 aliphatic heterocycles. The Morgan fingerprint density at radius 2 is 1.65 bits per heavy atom. The Labute approximate surface area is 142 Å². The standard InChI is InChI=1S/C22H34O/c1-14-9-12-22(15-3-4-15)16(13-14)5-6-17-18-7-8-20(23)21(18,2)11-10-19(17)22/h14-19H,3-13H2,1-2H3/t14?,16-,17?,18+,19+,21?,22-/m1/s1. The van der Waals surface area contributed by atoms with Crippen molar-refractivity contribution in [3.8, 4) is 0 Å². The summed E-state index contributed by atoms with van der Waals surface area (Å²) in [6, 6.07) is 0. The fourth-order valence-electron chi connectivity index (χ4n) is 8.38. The van der Waals surface area contributed by atoms with E-state index in [4.69, 9.17) is 0 Å². The Balaban J connectivity index is 1.51. The van der Waals surface area contributed by atoms with E-state index in [0.29, 0.717) is 11.2 Å². The van der Waals surface area contributed by atoms with Crippen LogP contribution in [0.2, 0.25) is 0 Å². The number of hydrogen-bond donors (Lipinski definition) is 0. The fraction of sp³-hybridized carbons (Fsp3) is 0.955. The third-order valence-electron chi connectivity index (χ3n) is 9.54. The van der Waals surface area contributed by atoms with Crippen molar-refractivity contribution in [1.82, 2.24) is 0 Å². The number of ketones is 1. The number of Topliss-reactive ketones (excluding diaryl/α,β-unsaturated/α-hetero) is 1. The molecule has 0 aromatic heterocycles. The second kappa shape index (κ2) is 4.85. The third kappa shape index (κ3) is 1.89. The average Bonchev–Trinajstić information content (AvgIpc) is 3.34. The number of rotatable bonds is 1. The van der Waals surface area contributed by atoms with Crippen LogP contribution in [-0.2, 0) is 4.79 Å². The summed E-state index contributed by atoms with van der Waals surface area (Å²) in [5.41, 5.74) is 0.781. The normalized spacial score (nSPS) is 55.9. The predicted molar refractivity (Wildman–Crippen MR) is 92.9 cm³/mol. The first-order valence-electron chi connectivity index (χ1n) is 10.6. The van der Waals surface area contributed by atoms with Crippen LogP contribution >= 0.6 is 0 Å².